The van der Waals surface area contributed by atoms with Crippen LogP contribution in [0.15, 0.2) is 30.3 Å². The molecular formula is C14H18N2S. The van der Waals surface area contributed by atoms with E-state index in [9.17, 15) is 0 Å². The third-order valence-corrected chi connectivity index (χ3v) is 4.31. The topological polar surface area (TPSA) is 24.1 Å². The Hall–Kier alpha value is -1.09. The van der Waals surface area contributed by atoms with Crippen molar-refractivity contribution in [2.75, 3.05) is 5.32 Å². The van der Waals surface area contributed by atoms with Crippen LogP contribution in [0.3, 0.4) is 0 Å². The van der Waals surface area contributed by atoms with Crippen molar-refractivity contribution in [2.24, 2.45) is 11.8 Å². The molecule has 2 saturated carbocycles. The highest BCUT2D eigenvalue weighted by atomic mass is 32.1. The zero-order valence-electron chi connectivity index (χ0n) is 9.86. The largest absolute Gasteiger partial charge is 0.359 e. The van der Waals surface area contributed by atoms with Crippen molar-refractivity contribution in [3.8, 4) is 0 Å². The van der Waals surface area contributed by atoms with Gasteiger partial charge in [-0.3, -0.25) is 0 Å². The van der Waals surface area contributed by atoms with E-state index in [0.29, 0.717) is 6.04 Å². The van der Waals surface area contributed by atoms with Crippen LogP contribution >= 0.6 is 12.2 Å². The number of hydrogen-bond acceptors (Lipinski definition) is 1. The first-order valence-electron chi connectivity index (χ1n) is 6.44. The van der Waals surface area contributed by atoms with Gasteiger partial charge in [0.25, 0.3) is 0 Å². The van der Waals surface area contributed by atoms with E-state index in [2.05, 4.69) is 10.6 Å². The molecule has 2 aliphatic carbocycles. The van der Waals surface area contributed by atoms with E-state index in [1.807, 2.05) is 30.3 Å². The Morgan fingerprint density at radius 1 is 1.12 bits per heavy atom. The Balaban J connectivity index is 1.54. The number of nitrogens with one attached hydrogen (secondary N) is 2. The molecule has 0 radical (unpaired) electrons. The molecule has 2 N–H and O–H groups in total. The monoisotopic (exact) mass is 246 g/mol. The summed E-state index contributed by atoms with van der Waals surface area (Å²) >= 11 is 5.37. The van der Waals surface area contributed by atoms with Crippen molar-refractivity contribution >= 4 is 23.0 Å². The van der Waals surface area contributed by atoms with Gasteiger partial charge in [0.05, 0.1) is 0 Å². The number of rotatable bonds is 2. The molecule has 0 aliphatic heterocycles. The minimum atomic E-state index is 0.609. The molecule has 3 rings (SSSR count). The van der Waals surface area contributed by atoms with Crippen LogP contribution < -0.4 is 10.6 Å². The van der Waals surface area contributed by atoms with Crippen molar-refractivity contribution in [3.05, 3.63) is 30.3 Å². The number of benzene rings is 1. The molecule has 0 saturated heterocycles. The lowest BCUT2D eigenvalue weighted by atomic mass is 9.96. The SMILES string of the molecule is S=C(Nc1ccccc1)N[C@H]1C[C@H]2CC[C@H]1C2. The lowest BCUT2D eigenvalue weighted by Crippen LogP contribution is -2.40. The average molecular weight is 246 g/mol. The summed E-state index contributed by atoms with van der Waals surface area (Å²) in [7, 11) is 0. The lowest BCUT2D eigenvalue weighted by Gasteiger charge is -2.24. The Kier molecular flexibility index (Phi) is 3.02. The second-order valence-corrected chi connectivity index (χ2v) is 5.65. The van der Waals surface area contributed by atoms with Gasteiger partial charge in [0.1, 0.15) is 0 Å². The molecule has 90 valence electrons. The van der Waals surface area contributed by atoms with Crippen LogP contribution in [-0.4, -0.2) is 11.2 Å². The first-order chi connectivity index (χ1) is 8.31. The molecule has 1 aromatic rings. The number of para-hydroxylation sites is 1. The third-order valence-electron chi connectivity index (χ3n) is 4.09. The minimum absolute atomic E-state index is 0.609. The number of hydrogen-bond donors (Lipinski definition) is 2. The van der Waals surface area contributed by atoms with Crippen LogP contribution in [0.1, 0.15) is 25.7 Å². The molecule has 2 bridgehead atoms. The van der Waals surface area contributed by atoms with E-state index in [0.717, 1.165) is 22.6 Å². The van der Waals surface area contributed by atoms with Gasteiger partial charge in [-0.1, -0.05) is 24.6 Å². The van der Waals surface area contributed by atoms with E-state index in [-0.39, 0.29) is 0 Å². The molecule has 0 heterocycles. The standard InChI is InChI=1S/C14H18N2S/c17-14(15-12-4-2-1-3-5-12)16-13-9-10-6-7-11(13)8-10/h1-5,10-11,13H,6-9H2,(H2,15,16,17)/t10-,11-,13-/m0/s1. The van der Waals surface area contributed by atoms with E-state index in [1.54, 1.807) is 0 Å². The fraction of sp³-hybridized carbons (Fsp3) is 0.500. The van der Waals surface area contributed by atoms with Gasteiger partial charge >= 0.3 is 0 Å². The van der Waals surface area contributed by atoms with E-state index >= 15 is 0 Å². The zero-order valence-corrected chi connectivity index (χ0v) is 10.7. The summed E-state index contributed by atoms with van der Waals surface area (Å²) in [5, 5.41) is 7.50. The van der Waals surface area contributed by atoms with Crippen molar-refractivity contribution < 1.29 is 0 Å². The summed E-state index contributed by atoms with van der Waals surface area (Å²) in [6, 6.07) is 10.7. The molecule has 3 atom stereocenters. The molecular weight excluding hydrogens is 228 g/mol. The van der Waals surface area contributed by atoms with E-state index in [4.69, 9.17) is 12.2 Å². The van der Waals surface area contributed by atoms with Gasteiger partial charge in [-0.15, -0.1) is 0 Å². The van der Waals surface area contributed by atoms with Crippen molar-refractivity contribution in [3.63, 3.8) is 0 Å². The maximum absolute atomic E-state index is 5.37. The second-order valence-electron chi connectivity index (χ2n) is 5.25. The number of anilines is 1. The quantitative estimate of drug-likeness (QED) is 0.784. The molecule has 2 nitrogen and oxygen atoms in total. The van der Waals surface area contributed by atoms with Gasteiger partial charge in [0.15, 0.2) is 5.11 Å². The zero-order chi connectivity index (χ0) is 11.7. The molecule has 0 spiro atoms. The summed E-state index contributed by atoms with van der Waals surface area (Å²) in [5.74, 6) is 1.81. The van der Waals surface area contributed by atoms with Crippen LogP contribution in [0, 0.1) is 11.8 Å². The number of fused-ring (bicyclic) bond motifs is 2. The highest BCUT2D eigenvalue weighted by Gasteiger charge is 2.39. The van der Waals surface area contributed by atoms with Crippen LogP contribution in [0.5, 0.6) is 0 Å². The van der Waals surface area contributed by atoms with Crippen LogP contribution in [0.25, 0.3) is 0 Å². The molecule has 0 aromatic heterocycles. The summed E-state index contributed by atoms with van der Waals surface area (Å²) in [6.07, 6.45) is 5.53. The Morgan fingerprint density at radius 3 is 2.59 bits per heavy atom. The van der Waals surface area contributed by atoms with E-state index in [1.165, 1.54) is 25.7 Å². The summed E-state index contributed by atoms with van der Waals surface area (Å²) < 4.78 is 0. The fourth-order valence-electron chi connectivity index (χ4n) is 3.28. The maximum Gasteiger partial charge on any atom is 0.171 e. The predicted octanol–water partition coefficient (Wildman–Crippen LogP) is 3.16. The molecule has 0 amide bonds. The average Bonchev–Trinajstić information content (AvgIpc) is 2.92. The minimum Gasteiger partial charge on any atom is -0.359 e. The van der Waals surface area contributed by atoms with Gasteiger partial charge in [-0.25, -0.2) is 0 Å². The van der Waals surface area contributed by atoms with Crippen molar-refractivity contribution in [2.45, 2.75) is 31.7 Å². The molecule has 17 heavy (non-hydrogen) atoms. The smallest absolute Gasteiger partial charge is 0.171 e. The van der Waals surface area contributed by atoms with Gasteiger partial charge in [-0.05, 0) is 55.4 Å². The molecule has 2 aliphatic rings. The summed E-state index contributed by atoms with van der Waals surface area (Å²) in [4.78, 5) is 0. The molecule has 2 fully saturated rings. The molecule has 0 unspecified atom stereocenters. The first kappa shape index (κ1) is 11.0. The highest BCUT2D eigenvalue weighted by molar-refractivity contribution is 7.80. The van der Waals surface area contributed by atoms with Gasteiger partial charge < -0.3 is 10.6 Å². The van der Waals surface area contributed by atoms with E-state index < -0.39 is 0 Å². The normalized spacial score (nSPS) is 30.2. The van der Waals surface area contributed by atoms with Gasteiger partial charge in [0.2, 0.25) is 0 Å². The Bertz CT molecular complexity index is 404. The maximum atomic E-state index is 5.37. The summed E-state index contributed by atoms with van der Waals surface area (Å²) in [5.41, 5.74) is 1.06. The van der Waals surface area contributed by atoms with Gasteiger partial charge in [0, 0.05) is 11.7 Å². The second kappa shape index (κ2) is 4.65. The van der Waals surface area contributed by atoms with Crippen LogP contribution in [0.2, 0.25) is 0 Å². The predicted molar refractivity (Wildman–Crippen MR) is 75.0 cm³/mol. The molecule has 3 heteroatoms. The van der Waals surface area contributed by atoms with Gasteiger partial charge in [-0.2, -0.15) is 0 Å². The third kappa shape index (κ3) is 2.44. The molecule has 1 aromatic carbocycles. The van der Waals surface area contributed by atoms with Crippen molar-refractivity contribution in [1.29, 1.82) is 0 Å². The summed E-state index contributed by atoms with van der Waals surface area (Å²) in [6.45, 7) is 0. The lowest BCUT2D eigenvalue weighted by molar-refractivity contribution is 0.392. The number of thiocarbonyl (C=S) groups is 1. The van der Waals surface area contributed by atoms with Crippen molar-refractivity contribution in [1.82, 2.24) is 5.32 Å². The highest BCUT2D eigenvalue weighted by Crippen LogP contribution is 2.44. The first-order valence-corrected chi connectivity index (χ1v) is 6.84. The van der Waals surface area contributed by atoms with Crippen LogP contribution in [0.4, 0.5) is 5.69 Å². The van der Waals surface area contributed by atoms with Crippen LogP contribution in [-0.2, 0) is 0 Å². The Labute approximate surface area is 108 Å². The fourth-order valence-corrected chi connectivity index (χ4v) is 3.55. The Morgan fingerprint density at radius 2 is 1.94 bits per heavy atom.